The normalized spacial score (nSPS) is 11.9. The van der Waals surface area contributed by atoms with Gasteiger partial charge in [0.2, 0.25) is 0 Å². The molecule has 2 nitrogen and oxygen atoms in total. The second kappa shape index (κ2) is 3.69. The van der Waals surface area contributed by atoms with Crippen molar-refractivity contribution < 1.29 is 4.52 Å². The Kier molecular flexibility index (Phi) is 2.51. The van der Waals surface area contributed by atoms with E-state index in [0.717, 1.165) is 16.7 Å². The maximum Gasteiger partial charge on any atom is 0.147 e. The Labute approximate surface area is 90.3 Å². The van der Waals surface area contributed by atoms with Gasteiger partial charge in [-0.2, -0.15) is 0 Å². The first kappa shape index (κ1) is 10.2. The van der Waals surface area contributed by atoms with E-state index in [1.54, 1.807) is 0 Å². The van der Waals surface area contributed by atoms with E-state index >= 15 is 0 Å². The minimum absolute atomic E-state index is 0.386. The molecule has 15 heavy (non-hydrogen) atoms. The van der Waals surface area contributed by atoms with E-state index in [1.807, 2.05) is 0 Å². The van der Waals surface area contributed by atoms with Crippen LogP contribution in [0.4, 0.5) is 0 Å². The summed E-state index contributed by atoms with van der Waals surface area (Å²) >= 11 is 0. The first-order valence-corrected chi connectivity index (χ1v) is 5.49. The summed E-state index contributed by atoms with van der Waals surface area (Å²) in [5, 5.41) is 5.35. The average Bonchev–Trinajstić information content (AvgIpc) is 2.59. The van der Waals surface area contributed by atoms with Crippen LogP contribution in [0.3, 0.4) is 0 Å². The van der Waals surface area contributed by atoms with Crippen LogP contribution in [0.1, 0.15) is 50.9 Å². The topological polar surface area (TPSA) is 26.0 Å². The molecule has 80 valence electrons. The molecule has 0 radical (unpaired) electrons. The Hall–Kier alpha value is -1.31. The third kappa shape index (κ3) is 1.65. The third-order valence-electron chi connectivity index (χ3n) is 2.71. The zero-order valence-electron chi connectivity index (χ0n) is 9.74. The molecule has 1 heterocycles. The lowest BCUT2D eigenvalue weighted by Gasteiger charge is -2.05. The van der Waals surface area contributed by atoms with Crippen LogP contribution in [0.5, 0.6) is 0 Å². The molecule has 0 aliphatic heterocycles. The highest BCUT2D eigenvalue weighted by atomic mass is 16.5. The Morgan fingerprint density at radius 1 is 1.07 bits per heavy atom. The molecule has 0 saturated heterocycles. The first-order chi connectivity index (χ1) is 7.11. The van der Waals surface area contributed by atoms with E-state index in [9.17, 15) is 0 Å². The second-order valence-electron chi connectivity index (χ2n) is 4.60. The highest BCUT2D eigenvalue weighted by Crippen LogP contribution is 2.30. The summed E-state index contributed by atoms with van der Waals surface area (Å²) in [6.45, 7) is 8.61. The lowest BCUT2D eigenvalue weighted by Crippen LogP contribution is -1.89. The number of hydrogen-bond acceptors (Lipinski definition) is 2. The van der Waals surface area contributed by atoms with Crippen LogP contribution in [0.15, 0.2) is 22.7 Å². The highest BCUT2D eigenvalue weighted by Gasteiger charge is 2.15. The van der Waals surface area contributed by atoms with Crippen LogP contribution in [0, 0.1) is 0 Å². The molecule has 0 amide bonds. The minimum atomic E-state index is 0.386. The van der Waals surface area contributed by atoms with Crippen LogP contribution in [0.2, 0.25) is 0 Å². The highest BCUT2D eigenvalue weighted by molar-refractivity contribution is 5.84. The molecule has 0 aliphatic rings. The molecule has 0 saturated carbocycles. The van der Waals surface area contributed by atoms with E-state index in [4.69, 9.17) is 4.52 Å². The zero-order valence-corrected chi connectivity index (χ0v) is 9.74. The monoisotopic (exact) mass is 203 g/mol. The Bertz CT molecular complexity index is 468. The van der Waals surface area contributed by atoms with Crippen LogP contribution in [-0.4, -0.2) is 5.16 Å². The molecule has 0 N–H and O–H groups in total. The van der Waals surface area contributed by atoms with Crippen molar-refractivity contribution in [1.82, 2.24) is 5.16 Å². The van der Waals surface area contributed by atoms with Gasteiger partial charge in [-0.15, -0.1) is 0 Å². The number of nitrogens with zero attached hydrogens (tertiary/aromatic N) is 1. The smallest absolute Gasteiger partial charge is 0.147 e. The number of aromatic nitrogens is 1. The lowest BCUT2D eigenvalue weighted by molar-refractivity contribution is 0.378. The van der Waals surface area contributed by atoms with Crippen molar-refractivity contribution in [2.45, 2.75) is 39.5 Å². The van der Waals surface area contributed by atoms with E-state index in [0.29, 0.717) is 11.8 Å². The first-order valence-electron chi connectivity index (χ1n) is 5.49. The zero-order chi connectivity index (χ0) is 11.0. The summed E-state index contributed by atoms with van der Waals surface area (Å²) in [7, 11) is 0. The molecule has 0 atom stereocenters. The maximum atomic E-state index is 5.42. The van der Waals surface area contributed by atoms with E-state index < -0.39 is 0 Å². The van der Waals surface area contributed by atoms with E-state index in [-0.39, 0.29) is 0 Å². The summed E-state index contributed by atoms with van der Waals surface area (Å²) in [6, 6.07) is 6.30. The van der Waals surface area contributed by atoms with Gasteiger partial charge in [0.1, 0.15) is 11.3 Å². The summed E-state index contributed by atoms with van der Waals surface area (Å²) in [5.41, 5.74) is 2.29. The van der Waals surface area contributed by atoms with Crippen molar-refractivity contribution in [3.8, 4) is 0 Å². The minimum Gasteiger partial charge on any atom is -0.360 e. The number of hydrogen-bond donors (Lipinski definition) is 0. The van der Waals surface area contributed by atoms with Gasteiger partial charge < -0.3 is 4.52 Å². The molecule has 0 spiro atoms. The number of fused-ring (bicyclic) bond motifs is 1. The van der Waals surface area contributed by atoms with E-state index in [1.165, 1.54) is 5.56 Å². The Morgan fingerprint density at radius 3 is 2.40 bits per heavy atom. The van der Waals surface area contributed by atoms with Crippen LogP contribution >= 0.6 is 0 Å². The third-order valence-corrected chi connectivity index (χ3v) is 2.71. The standard InChI is InChI=1S/C13H17NO/c1-8(2)10-6-5-7-11-12(10)14-15-13(11)9(3)4/h5-9H,1-4H3. The fourth-order valence-corrected chi connectivity index (χ4v) is 1.89. The molecule has 2 aromatic rings. The van der Waals surface area contributed by atoms with Crippen LogP contribution in [-0.2, 0) is 0 Å². The fourth-order valence-electron chi connectivity index (χ4n) is 1.89. The molecular formula is C13H17NO. The summed E-state index contributed by atoms with van der Waals surface area (Å²) in [4.78, 5) is 0. The molecule has 1 aromatic carbocycles. The average molecular weight is 203 g/mol. The largest absolute Gasteiger partial charge is 0.360 e. The summed E-state index contributed by atoms with van der Waals surface area (Å²) in [5.74, 6) is 1.86. The predicted octanol–water partition coefficient (Wildman–Crippen LogP) is 4.07. The van der Waals surface area contributed by atoms with Gasteiger partial charge in [0.05, 0.1) is 0 Å². The molecule has 2 heteroatoms. The van der Waals surface area contributed by atoms with Crippen molar-refractivity contribution in [3.05, 3.63) is 29.5 Å². The van der Waals surface area contributed by atoms with Gasteiger partial charge in [-0.3, -0.25) is 0 Å². The number of benzene rings is 1. The van der Waals surface area contributed by atoms with Gasteiger partial charge in [-0.05, 0) is 17.5 Å². The maximum absolute atomic E-state index is 5.42. The van der Waals surface area contributed by atoms with Crippen molar-refractivity contribution in [2.75, 3.05) is 0 Å². The van der Waals surface area contributed by atoms with Gasteiger partial charge >= 0.3 is 0 Å². The Morgan fingerprint density at radius 2 is 1.80 bits per heavy atom. The number of rotatable bonds is 2. The molecular weight excluding hydrogens is 186 g/mol. The van der Waals surface area contributed by atoms with Crippen LogP contribution in [0.25, 0.3) is 10.9 Å². The van der Waals surface area contributed by atoms with E-state index in [2.05, 4.69) is 51.1 Å². The predicted molar refractivity (Wildman–Crippen MR) is 62.2 cm³/mol. The van der Waals surface area contributed by atoms with Crippen LogP contribution < -0.4 is 0 Å². The molecule has 1 aromatic heterocycles. The van der Waals surface area contributed by atoms with Gasteiger partial charge in [0.15, 0.2) is 0 Å². The van der Waals surface area contributed by atoms with Gasteiger partial charge in [-0.1, -0.05) is 45.0 Å². The fraction of sp³-hybridized carbons (Fsp3) is 0.462. The van der Waals surface area contributed by atoms with Crippen molar-refractivity contribution in [2.24, 2.45) is 0 Å². The lowest BCUT2D eigenvalue weighted by atomic mass is 9.98. The van der Waals surface area contributed by atoms with Crippen molar-refractivity contribution in [1.29, 1.82) is 0 Å². The van der Waals surface area contributed by atoms with Gasteiger partial charge in [-0.25, -0.2) is 0 Å². The second-order valence-corrected chi connectivity index (χ2v) is 4.60. The molecule has 0 unspecified atom stereocenters. The summed E-state index contributed by atoms with van der Waals surface area (Å²) < 4.78 is 5.42. The Balaban J connectivity index is 2.69. The van der Waals surface area contributed by atoms with Gasteiger partial charge in [0, 0.05) is 11.3 Å². The van der Waals surface area contributed by atoms with Crippen molar-refractivity contribution in [3.63, 3.8) is 0 Å². The van der Waals surface area contributed by atoms with Crippen molar-refractivity contribution >= 4 is 10.9 Å². The molecule has 0 bridgehead atoms. The SMILES string of the molecule is CC(C)c1onc2c(C(C)C)cccc12. The molecule has 0 aliphatic carbocycles. The van der Waals surface area contributed by atoms with Gasteiger partial charge in [0.25, 0.3) is 0 Å². The quantitative estimate of drug-likeness (QED) is 0.735. The molecule has 0 fully saturated rings. The molecule has 2 rings (SSSR count). The summed E-state index contributed by atoms with van der Waals surface area (Å²) in [6.07, 6.45) is 0.